The van der Waals surface area contributed by atoms with Crippen molar-refractivity contribution in [2.75, 3.05) is 14.2 Å². The number of aliphatic carboxylic acids is 1. The largest absolute Gasteiger partial charge is 0.496 e. The van der Waals surface area contributed by atoms with E-state index in [1.165, 1.54) is 21.1 Å². The molecule has 2 aliphatic rings. The van der Waals surface area contributed by atoms with Gasteiger partial charge in [-0.1, -0.05) is 36.4 Å². The molecule has 5 atom stereocenters. The first-order valence-corrected chi connectivity index (χ1v) is 11.0. The SMILES string of the molecule is COc1ccc(C2NC(C(=O)O)(C(C)O)C3C(=O)N(Cc4ccccc4)C(=O)C23)c(OC)c1C. The minimum atomic E-state index is -2.05. The molecule has 3 N–H and O–H groups in total. The zero-order valence-corrected chi connectivity index (χ0v) is 19.4. The third kappa shape index (κ3) is 3.35. The number of methoxy groups -OCH3 is 2. The number of carbonyl (C=O) groups is 3. The van der Waals surface area contributed by atoms with Gasteiger partial charge in [-0.3, -0.25) is 24.6 Å². The second-order valence-corrected chi connectivity index (χ2v) is 8.74. The van der Waals surface area contributed by atoms with Crippen LogP contribution in [0.2, 0.25) is 0 Å². The van der Waals surface area contributed by atoms with Crippen molar-refractivity contribution in [3.8, 4) is 11.5 Å². The van der Waals surface area contributed by atoms with Crippen LogP contribution in [0, 0.1) is 18.8 Å². The molecule has 9 heteroatoms. The Morgan fingerprint density at radius 2 is 1.79 bits per heavy atom. The van der Waals surface area contributed by atoms with E-state index in [9.17, 15) is 24.6 Å². The van der Waals surface area contributed by atoms with Crippen molar-refractivity contribution < 1.29 is 34.1 Å². The summed E-state index contributed by atoms with van der Waals surface area (Å²) in [6.07, 6.45) is -1.46. The number of imide groups is 1. The van der Waals surface area contributed by atoms with Crippen molar-refractivity contribution in [3.63, 3.8) is 0 Å². The monoisotopic (exact) mass is 468 g/mol. The highest BCUT2D eigenvalue weighted by atomic mass is 16.5. The zero-order valence-electron chi connectivity index (χ0n) is 19.4. The molecule has 34 heavy (non-hydrogen) atoms. The van der Waals surface area contributed by atoms with E-state index in [-0.39, 0.29) is 6.54 Å². The Morgan fingerprint density at radius 3 is 2.35 bits per heavy atom. The summed E-state index contributed by atoms with van der Waals surface area (Å²) in [7, 11) is 3.00. The van der Waals surface area contributed by atoms with Crippen LogP contribution in [0.25, 0.3) is 0 Å². The van der Waals surface area contributed by atoms with Crippen LogP contribution in [0.15, 0.2) is 42.5 Å². The Bertz CT molecular complexity index is 1130. The average Bonchev–Trinajstić information content (AvgIpc) is 3.30. The number of nitrogens with zero attached hydrogens (tertiary/aromatic N) is 1. The molecular weight excluding hydrogens is 440 g/mol. The number of benzene rings is 2. The van der Waals surface area contributed by atoms with Crippen molar-refractivity contribution in [1.29, 1.82) is 0 Å². The van der Waals surface area contributed by atoms with E-state index < -0.39 is 47.3 Å². The fourth-order valence-corrected chi connectivity index (χ4v) is 5.38. The lowest BCUT2D eigenvalue weighted by Crippen LogP contribution is -2.62. The molecule has 2 heterocycles. The van der Waals surface area contributed by atoms with Gasteiger partial charge < -0.3 is 19.7 Å². The fraction of sp³-hybridized carbons (Fsp3) is 0.400. The van der Waals surface area contributed by atoms with Crippen LogP contribution < -0.4 is 14.8 Å². The Balaban J connectivity index is 1.86. The van der Waals surface area contributed by atoms with Gasteiger partial charge in [-0.2, -0.15) is 0 Å². The number of hydrogen-bond acceptors (Lipinski definition) is 7. The molecule has 180 valence electrons. The van der Waals surface area contributed by atoms with Gasteiger partial charge in [0.05, 0.1) is 38.7 Å². The smallest absolute Gasteiger partial charge is 0.327 e. The molecule has 0 radical (unpaired) electrons. The van der Waals surface area contributed by atoms with Gasteiger partial charge >= 0.3 is 5.97 Å². The molecule has 5 unspecified atom stereocenters. The van der Waals surface area contributed by atoms with Crippen LogP contribution in [0.4, 0.5) is 0 Å². The molecule has 0 bridgehead atoms. The van der Waals surface area contributed by atoms with E-state index in [0.29, 0.717) is 22.6 Å². The lowest BCUT2D eigenvalue weighted by Gasteiger charge is -2.33. The van der Waals surface area contributed by atoms with Gasteiger partial charge in [-0.05, 0) is 25.5 Å². The minimum absolute atomic E-state index is 0.0203. The second kappa shape index (κ2) is 8.73. The van der Waals surface area contributed by atoms with Crippen LogP contribution in [-0.4, -0.2) is 58.8 Å². The number of nitrogens with one attached hydrogen (secondary N) is 1. The number of hydrogen-bond donors (Lipinski definition) is 3. The third-order valence-electron chi connectivity index (χ3n) is 7.03. The molecule has 2 fully saturated rings. The Kier molecular flexibility index (Phi) is 6.09. The van der Waals surface area contributed by atoms with E-state index in [4.69, 9.17) is 9.47 Å². The lowest BCUT2D eigenvalue weighted by molar-refractivity contribution is -0.157. The summed E-state index contributed by atoms with van der Waals surface area (Å²) in [4.78, 5) is 40.9. The first-order chi connectivity index (χ1) is 16.2. The highest BCUT2D eigenvalue weighted by molar-refractivity contribution is 6.09. The van der Waals surface area contributed by atoms with Crippen LogP contribution in [-0.2, 0) is 20.9 Å². The van der Waals surface area contributed by atoms with Gasteiger partial charge in [0.1, 0.15) is 11.5 Å². The molecular formula is C25H28N2O7. The highest BCUT2D eigenvalue weighted by Gasteiger charge is 2.70. The number of rotatable bonds is 7. The number of likely N-dealkylation sites (tertiary alicyclic amines) is 1. The molecule has 2 aromatic carbocycles. The van der Waals surface area contributed by atoms with E-state index in [2.05, 4.69) is 5.32 Å². The normalized spacial score (nSPS) is 27.0. The first kappa shape index (κ1) is 23.7. The number of carboxylic acid groups (broad SMARTS) is 1. The third-order valence-corrected chi connectivity index (χ3v) is 7.03. The van der Waals surface area contributed by atoms with Crippen LogP contribution in [0.5, 0.6) is 11.5 Å². The predicted molar refractivity (Wildman–Crippen MR) is 121 cm³/mol. The van der Waals surface area contributed by atoms with Gasteiger partial charge in [-0.25, -0.2) is 0 Å². The summed E-state index contributed by atoms with van der Waals surface area (Å²) >= 11 is 0. The van der Waals surface area contributed by atoms with Gasteiger partial charge in [0.25, 0.3) is 0 Å². The summed E-state index contributed by atoms with van der Waals surface area (Å²) in [5, 5.41) is 23.9. The summed E-state index contributed by atoms with van der Waals surface area (Å²) in [5.41, 5.74) is -0.123. The van der Waals surface area contributed by atoms with Gasteiger partial charge in [-0.15, -0.1) is 0 Å². The number of aliphatic hydroxyl groups excluding tert-OH is 1. The standard InChI is InChI=1S/C25H28N2O7/c1-13-17(33-3)11-10-16(21(13)34-4)20-18-19(25(26-20,14(2)28)24(31)32)23(30)27(22(18)29)12-15-8-6-5-7-9-15/h5-11,14,18-20,26,28H,12H2,1-4H3,(H,31,32). The number of carboxylic acids is 1. The average molecular weight is 469 g/mol. The topological polar surface area (TPSA) is 125 Å². The maximum atomic E-state index is 13.7. The zero-order chi connectivity index (χ0) is 24.8. The second-order valence-electron chi connectivity index (χ2n) is 8.74. The van der Waals surface area contributed by atoms with E-state index >= 15 is 0 Å². The first-order valence-electron chi connectivity index (χ1n) is 11.0. The van der Waals surface area contributed by atoms with Crippen molar-refractivity contribution >= 4 is 17.8 Å². The molecule has 0 aromatic heterocycles. The molecule has 4 rings (SSSR count). The van der Waals surface area contributed by atoms with Crippen LogP contribution >= 0.6 is 0 Å². The van der Waals surface area contributed by atoms with Gasteiger partial charge in [0, 0.05) is 17.2 Å². The van der Waals surface area contributed by atoms with Crippen molar-refractivity contribution in [2.45, 2.75) is 38.1 Å². The van der Waals surface area contributed by atoms with Gasteiger partial charge in [0.15, 0.2) is 5.54 Å². The molecule has 2 aromatic rings. The molecule has 2 amide bonds. The van der Waals surface area contributed by atoms with Crippen molar-refractivity contribution in [1.82, 2.24) is 10.2 Å². The molecule has 2 aliphatic heterocycles. The summed E-state index contributed by atoms with van der Waals surface area (Å²) in [6, 6.07) is 11.5. The van der Waals surface area contributed by atoms with E-state index in [1.807, 2.05) is 6.07 Å². The van der Waals surface area contributed by atoms with Crippen LogP contribution in [0.3, 0.4) is 0 Å². The van der Waals surface area contributed by atoms with Crippen molar-refractivity contribution in [3.05, 3.63) is 59.2 Å². The van der Waals surface area contributed by atoms with E-state index in [1.54, 1.807) is 43.3 Å². The molecule has 0 aliphatic carbocycles. The Hall–Kier alpha value is -3.43. The number of carbonyl (C=O) groups excluding carboxylic acids is 2. The van der Waals surface area contributed by atoms with E-state index in [0.717, 1.165) is 10.5 Å². The number of ether oxygens (including phenoxy) is 2. The maximum Gasteiger partial charge on any atom is 0.327 e. The fourth-order valence-electron chi connectivity index (χ4n) is 5.38. The Labute approximate surface area is 197 Å². The molecule has 0 saturated carbocycles. The number of amides is 2. The number of fused-ring (bicyclic) bond motifs is 1. The molecule has 9 nitrogen and oxygen atoms in total. The highest BCUT2D eigenvalue weighted by Crippen LogP contribution is 2.52. The number of aliphatic hydroxyl groups is 1. The summed E-state index contributed by atoms with van der Waals surface area (Å²) in [6.45, 7) is 3.12. The van der Waals surface area contributed by atoms with Gasteiger partial charge in [0.2, 0.25) is 11.8 Å². The molecule has 2 saturated heterocycles. The predicted octanol–water partition coefficient (Wildman–Crippen LogP) is 1.66. The quantitative estimate of drug-likeness (QED) is 0.524. The van der Waals surface area contributed by atoms with Crippen LogP contribution in [0.1, 0.15) is 29.7 Å². The Morgan fingerprint density at radius 1 is 1.12 bits per heavy atom. The maximum absolute atomic E-state index is 13.7. The van der Waals surface area contributed by atoms with Crippen molar-refractivity contribution in [2.24, 2.45) is 11.8 Å². The lowest BCUT2D eigenvalue weighted by atomic mass is 9.76. The summed E-state index contributed by atoms with van der Waals surface area (Å²) < 4.78 is 11.0. The molecule has 0 spiro atoms. The summed E-state index contributed by atoms with van der Waals surface area (Å²) in [5.74, 6) is -3.86. The minimum Gasteiger partial charge on any atom is -0.496 e.